The second-order valence-electron chi connectivity index (χ2n) is 5.16. The Kier molecular flexibility index (Phi) is 7.17. The number of benzene rings is 1. The van der Waals surface area contributed by atoms with Gasteiger partial charge < -0.3 is 5.11 Å². The van der Waals surface area contributed by atoms with E-state index < -0.39 is 0 Å². The first-order valence-corrected chi connectivity index (χ1v) is 7.01. The van der Waals surface area contributed by atoms with E-state index in [1.807, 2.05) is 24.3 Å². The van der Waals surface area contributed by atoms with Crippen LogP contribution in [0.1, 0.15) is 44.2 Å². The lowest BCUT2D eigenvalue weighted by Crippen LogP contribution is -2.31. The van der Waals surface area contributed by atoms with Crippen LogP contribution in [-0.4, -0.2) is 29.2 Å². The van der Waals surface area contributed by atoms with Gasteiger partial charge in [0, 0.05) is 19.2 Å². The maximum atomic E-state index is 8.79. The van der Waals surface area contributed by atoms with Gasteiger partial charge in [0.05, 0.1) is 11.6 Å². The largest absolute Gasteiger partial charge is 0.396 e. The summed E-state index contributed by atoms with van der Waals surface area (Å²) in [6, 6.07) is 10.5. The van der Waals surface area contributed by atoms with Crippen molar-refractivity contribution in [2.24, 2.45) is 0 Å². The quantitative estimate of drug-likeness (QED) is 0.731. The normalized spacial score (nSPS) is 10.9. The topological polar surface area (TPSA) is 47.3 Å². The lowest BCUT2D eigenvalue weighted by Gasteiger charge is -2.26. The minimum absolute atomic E-state index is 0.289. The molecular formula is C16H24N2O. The van der Waals surface area contributed by atoms with Gasteiger partial charge >= 0.3 is 0 Å². The zero-order chi connectivity index (χ0) is 14.1. The van der Waals surface area contributed by atoms with Crippen LogP contribution in [0, 0.1) is 11.3 Å². The molecule has 104 valence electrons. The zero-order valence-corrected chi connectivity index (χ0v) is 12.0. The molecule has 0 amide bonds. The van der Waals surface area contributed by atoms with Crippen molar-refractivity contribution in [3.8, 4) is 6.07 Å². The van der Waals surface area contributed by atoms with Crippen molar-refractivity contribution in [3.05, 3.63) is 35.4 Å². The third-order valence-electron chi connectivity index (χ3n) is 3.30. The van der Waals surface area contributed by atoms with Crippen LogP contribution in [0.5, 0.6) is 0 Å². The molecule has 19 heavy (non-hydrogen) atoms. The highest BCUT2D eigenvalue weighted by molar-refractivity contribution is 5.31. The van der Waals surface area contributed by atoms with Crippen molar-refractivity contribution in [1.29, 1.82) is 5.26 Å². The molecule has 1 N–H and O–H groups in total. The molecule has 3 heteroatoms. The van der Waals surface area contributed by atoms with Crippen molar-refractivity contribution in [3.63, 3.8) is 0 Å². The standard InChI is InChI=1S/C16H24N2O/c1-14(2)18(10-4-3-5-11-19)13-16-8-6-15(12-17)7-9-16/h6-9,14,19H,3-5,10-11,13H2,1-2H3. The zero-order valence-electron chi connectivity index (χ0n) is 12.0. The highest BCUT2D eigenvalue weighted by Gasteiger charge is 2.09. The van der Waals surface area contributed by atoms with E-state index in [0.717, 1.165) is 32.4 Å². The van der Waals surface area contributed by atoms with E-state index in [4.69, 9.17) is 10.4 Å². The molecule has 0 atom stereocenters. The highest BCUT2D eigenvalue weighted by Crippen LogP contribution is 2.11. The molecule has 0 unspecified atom stereocenters. The average Bonchev–Trinajstić information content (AvgIpc) is 2.42. The average molecular weight is 260 g/mol. The number of nitriles is 1. The Hall–Kier alpha value is -1.37. The maximum Gasteiger partial charge on any atom is 0.0991 e. The van der Waals surface area contributed by atoms with Crippen molar-refractivity contribution >= 4 is 0 Å². The lowest BCUT2D eigenvalue weighted by atomic mass is 10.1. The molecule has 0 heterocycles. The SMILES string of the molecule is CC(C)N(CCCCCO)Cc1ccc(C#N)cc1. The van der Waals surface area contributed by atoms with Gasteiger partial charge in [-0.1, -0.05) is 12.1 Å². The number of rotatable bonds is 8. The third kappa shape index (κ3) is 5.87. The summed E-state index contributed by atoms with van der Waals surface area (Å²) in [6.45, 7) is 6.67. The summed E-state index contributed by atoms with van der Waals surface area (Å²) in [6.07, 6.45) is 3.09. The maximum absolute atomic E-state index is 8.79. The summed E-state index contributed by atoms with van der Waals surface area (Å²) < 4.78 is 0. The van der Waals surface area contributed by atoms with E-state index in [1.54, 1.807) is 0 Å². The van der Waals surface area contributed by atoms with Gasteiger partial charge in [-0.05, 0) is 57.4 Å². The highest BCUT2D eigenvalue weighted by atomic mass is 16.2. The fourth-order valence-electron chi connectivity index (χ4n) is 2.04. The van der Waals surface area contributed by atoms with Crippen LogP contribution >= 0.6 is 0 Å². The molecule has 0 spiro atoms. The number of hydrogen-bond donors (Lipinski definition) is 1. The molecule has 0 aliphatic rings. The first-order valence-electron chi connectivity index (χ1n) is 7.01. The molecule has 0 fully saturated rings. The van der Waals surface area contributed by atoms with Crippen LogP contribution in [0.3, 0.4) is 0 Å². The van der Waals surface area contributed by atoms with Crippen LogP contribution < -0.4 is 0 Å². The smallest absolute Gasteiger partial charge is 0.0991 e. The fraction of sp³-hybridized carbons (Fsp3) is 0.562. The molecule has 0 aliphatic carbocycles. The molecule has 0 aliphatic heterocycles. The first kappa shape index (κ1) is 15.7. The second kappa shape index (κ2) is 8.68. The Bertz CT molecular complexity index is 392. The molecule has 0 saturated carbocycles. The van der Waals surface area contributed by atoms with Crippen LogP contribution in [0.2, 0.25) is 0 Å². The van der Waals surface area contributed by atoms with Gasteiger partial charge in [-0.2, -0.15) is 5.26 Å². The monoisotopic (exact) mass is 260 g/mol. The minimum atomic E-state index is 0.289. The van der Waals surface area contributed by atoms with Crippen LogP contribution in [0.25, 0.3) is 0 Å². The Labute approximate surface area is 116 Å². The van der Waals surface area contributed by atoms with Crippen LogP contribution in [0.4, 0.5) is 0 Å². The third-order valence-corrected chi connectivity index (χ3v) is 3.30. The number of aliphatic hydroxyl groups excluding tert-OH is 1. The van der Waals surface area contributed by atoms with Crippen LogP contribution in [0.15, 0.2) is 24.3 Å². The van der Waals surface area contributed by atoms with Gasteiger partial charge in [-0.15, -0.1) is 0 Å². The number of nitrogens with zero attached hydrogens (tertiary/aromatic N) is 2. The van der Waals surface area contributed by atoms with Gasteiger partial charge in [-0.25, -0.2) is 0 Å². The summed E-state index contributed by atoms with van der Waals surface area (Å²) in [5.41, 5.74) is 1.96. The second-order valence-corrected chi connectivity index (χ2v) is 5.16. The van der Waals surface area contributed by atoms with Crippen molar-refractivity contribution in [2.45, 2.75) is 45.7 Å². The number of hydrogen-bond acceptors (Lipinski definition) is 3. The van der Waals surface area contributed by atoms with E-state index in [1.165, 1.54) is 5.56 Å². The molecule has 1 aromatic rings. The minimum Gasteiger partial charge on any atom is -0.396 e. The molecule has 0 aromatic heterocycles. The predicted octanol–water partition coefficient (Wildman–Crippen LogP) is 2.93. The van der Waals surface area contributed by atoms with E-state index in [9.17, 15) is 0 Å². The summed E-state index contributed by atoms with van der Waals surface area (Å²) in [5, 5.41) is 17.6. The van der Waals surface area contributed by atoms with E-state index in [2.05, 4.69) is 24.8 Å². The van der Waals surface area contributed by atoms with Gasteiger partial charge in [0.15, 0.2) is 0 Å². The molecule has 0 radical (unpaired) electrons. The van der Waals surface area contributed by atoms with Crippen LogP contribution in [-0.2, 0) is 6.54 Å². The Balaban J connectivity index is 2.50. The van der Waals surface area contributed by atoms with Crippen molar-refractivity contribution in [2.75, 3.05) is 13.2 Å². The van der Waals surface area contributed by atoms with Gasteiger partial charge in [-0.3, -0.25) is 4.90 Å². The van der Waals surface area contributed by atoms with Gasteiger partial charge in [0.2, 0.25) is 0 Å². The number of unbranched alkanes of at least 4 members (excludes halogenated alkanes) is 2. The molecule has 3 nitrogen and oxygen atoms in total. The molecule has 1 aromatic carbocycles. The summed E-state index contributed by atoms with van der Waals surface area (Å²) in [5.74, 6) is 0. The van der Waals surface area contributed by atoms with Crippen molar-refractivity contribution in [1.82, 2.24) is 4.90 Å². The first-order chi connectivity index (χ1) is 9.17. The number of aliphatic hydroxyl groups is 1. The summed E-state index contributed by atoms with van der Waals surface area (Å²) in [4.78, 5) is 2.43. The summed E-state index contributed by atoms with van der Waals surface area (Å²) >= 11 is 0. The Morgan fingerprint density at radius 1 is 1.16 bits per heavy atom. The molecule has 0 bridgehead atoms. The lowest BCUT2D eigenvalue weighted by molar-refractivity contribution is 0.204. The van der Waals surface area contributed by atoms with Gasteiger partial charge in [0.1, 0.15) is 0 Å². The van der Waals surface area contributed by atoms with E-state index >= 15 is 0 Å². The Morgan fingerprint density at radius 2 is 1.84 bits per heavy atom. The Morgan fingerprint density at radius 3 is 2.37 bits per heavy atom. The molecular weight excluding hydrogens is 236 g/mol. The molecule has 1 rings (SSSR count). The van der Waals surface area contributed by atoms with E-state index in [-0.39, 0.29) is 6.61 Å². The molecule has 0 saturated heterocycles. The van der Waals surface area contributed by atoms with Crippen molar-refractivity contribution < 1.29 is 5.11 Å². The predicted molar refractivity (Wildman–Crippen MR) is 77.6 cm³/mol. The summed E-state index contributed by atoms with van der Waals surface area (Å²) in [7, 11) is 0. The van der Waals surface area contributed by atoms with Gasteiger partial charge in [0.25, 0.3) is 0 Å². The van der Waals surface area contributed by atoms with E-state index in [0.29, 0.717) is 11.6 Å². The fourth-order valence-corrected chi connectivity index (χ4v) is 2.04.